The van der Waals surface area contributed by atoms with Crippen LogP contribution in [0.4, 0.5) is 0 Å². The van der Waals surface area contributed by atoms with Crippen LogP contribution in [-0.2, 0) is 64.8 Å². The molecule has 0 unspecified atom stereocenters. The van der Waals surface area contributed by atoms with Gasteiger partial charge in [-0.2, -0.15) is 22.8 Å². The largest absolute Gasteiger partial charge is 0.294 e. The molecule has 10 aliphatic rings. The van der Waals surface area contributed by atoms with Gasteiger partial charge in [0.1, 0.15) is 117 Å². The van der Waals surface area contributed by atoms with E-state index in [0.717, 1.165) is 76.2 Å². The number of aryl methyl sites for hydroxylation is 6. The molecule has 0 N–H and O–H groups in total. The van der Waals surface area contributed by atoms with Gasteiger partial charge in [-0.05, 0) is 225 Å². The number of pyridine rings is 5. The number of hydrogen-bond acceptors (Lipinski definition) is 5. The number of imidazole rings is 5. The summed E-state index contributed by atoms with van der Waals surface area (Å²) < 4.78 is 23.6. The lowest BCUT2D eigenvalue weighted by Gasteiger charge is -2.13. The van der Waals surface area contributed by atoms with Gasteiger partial charge in [-0.3, -0.25) is 24.9 Å². The molecule has 0 saturated heterocycles. The molecule has 0 fully saturated rings. The van der Waals surface area contributed by atoms with E-state index in [1.54, 1.807) is 0 Å². The SMILES string of the molecule is Cc1cc(C)c(-n2cc[n+]3c2-c2ccccc2C3)c2c1-c1cccnc1C2.Cc1cc2c(c(C)c1-n1cc[n+]3c1-c1ccccc1C3)-c1ccncc1C2.Cc1cc2c(c(C)c1-n1cc[n+]3c1-c1ccccc1C3)-c1cnccc1C2.Cc1cc2c(c(C)c1-n1cc[n+]3c1-c1ccccc1C3)-c1ncccc1C2.Cc1nc2c(c(C)c1-n1cc[n+]3c1-c1ccccc1C3)-c1ccccc1C2. The summed E-state index contributed by atoms with van der Waals surface area (Å²) in [5, 5.41) is 0. The fraction of sp³-hybridized carbons (Fsp3) is 0.167. The second-order valence-electron chi connectivity index (χ2n) is 38.3. The minimum absolute atomic E-state index is 0.905. The van der Waals surface area contributed by atoms with Crippen molar-refractivity contribution in [1.82, 2.24) is 47.8 Å². The zero-order valence-electron chi connectivity index (χ0n) is 77.6. The van der Waals surface area contributed by atoms with Crippen molar-refractivity contribution in [2.24, 2.45) is 0 Å². The molecule has 135 heavy (non-hydrogen) atoms. The van der Waals surface area contributed by atoms with E-state index in [4.69, 9.17) is 9.97 Å². The number of fused-ring (bicyclic) bond motifs is 30. The van der Waals surface area contributed by atoms with E-state index >= 15 is 0 Å². The molecule has 15 heteroatoms. The summed E-state index contributed by atoms with van der Waals surface area (Å²) in [6.45, 7) is 27.1. The Bertz CT molecular complexity index is 7710. The smallest absolute Gasteiger partial charge is 0.264 e. The molecule has 0 spiro atoms. The van der Waals surface area contributed by atoms with Crippen molar-refractivity contribution in [3.05, 3.63) is 445 Å². The quantitative estimate of drug-likeness (QED) is 0.160. The summed E-state index contributed by atoms with van der Waals surface area (Å²) >= 11 is 0. The summed E-state index contributed by atoms with van der Waals surface area (Å²) in [4.78, 5) is 23.1. The van der Waals surface area contributed by atoms with Crippen LogP contribution >= 0.6 is 0 Å². The summed E-state index contributed by atoms with van der Waals surface area (Å²) in [5.41, 5.74) is 59.9. The van der Waals surface area contributed by atoms with Crippen LogP contribution in [0.5, 0.6) is 0 Å². The Morgan fingerprint density at radius 3 is 1.12 bits per heavy atom. The Morgan fingerprint density at radius 2 is 0.607 bits per heavy atom. The summed E-state index contributed by atoms with van der Waals surface area (Å²) in [6, 6.07) is 74.6. The molecule has 0 saturated carbocycles. The Kier molecular flexibility index (Phi) is 18.2. The first-order chi connectivity index (χ1) is 66.1. The van der Waals surface area contributed by atoms with Gasteiger partial charge in [-0.25, -0.2) is 22.8 Å². The van der Waals surface area contributed by atoms with Crippen LogP contribution in [0.3, 0.4) is 0 Å². The highest BCUT2D eigenvalue weighted by molar-refractivity contribution is 5.88. The van der Waals surface area contributed by atoms with Crippen LogP contribution < -0.4 is 22.8 Å². The van der Waals surface area contributed by atoms with Gasteiger partial charge in [0.2, 0.25) is 0 Å². The molecule has 15 heterocycles. The lowest BCUT2D eigenvalue weighted by Crippen LogP contribution is -2.30. The van der Waals surface area contributed by atoms with Crippen LogP contribution in [0.1, 0.15) is 139 Å². The van der Waals surface area contributed by atoms with Crippen molar-refractivity contribution in [1.29, 1.82) is 0 Å². The monoisotopic (exact) mass is 1750 g/mol. The van der Waals surface area contributed by atoms with E-state index in [0.29, 0.717) is 0 Å². The number of aromatic nitrogens is 15. The zero-order valence-corrected chi connectivity index (χ0v) is 77.6. The third-order valence-electron chi connectivity index (χ3n) is 30.4. The van der Waals surface area contributed by atoms with Gasteiger partial charge >= 0.3 is 0 Å². The molecule has 10 aromatic heterocycles. The molecule has 0 bridgehead atoms. The summed E-state index contributed by atoms with van der Waals surface area (Å²) in [6.07, 6.45) is 38.6. The maximum Gasteiger partial charge on any atom is 0.294 e. The lowest BCUT2D eigenvalue weighted by atomic mass is 9.95. The maximum absolute atomic E-state index is 5.04. The normalized spacial score (nSPS) is 13.3. The van der Waals surface area contributed by atoms with Crippen molar-refractivity contribution in [2.75, 3.05) is 0 Å². The average molecular weight is 1750 g/mol. The van der Waals surface area contributed by atoms with Crippen molar-refractivity contribution in [3.63, 3.8) is 0 Å². The van der Waals surface area contributed by atoms with Crippen molar-refractivity contribution < 1.29 is 22.8 Å². The van der Waals surface area contributed by atoms with Gasteiger partial charge < -0.3 is 0 Å². The van der Waals surface area contributed by atoms with Gasteiger partial charge in [0.15, 0.2) is 5.69 Å². The number of benzene rings is 10. The van der Waals surface area contributed by atoms with Gasteiger partial charge in [0.25, 0.3) is 29.1 Å². The van der Waals surface area contributed by atoms with Crippen LogP contribution in [0.2, 0.25) is 0 Å². The van der Waals surface area contributed by atoms with E-state index in [1.807, 2.05) is 49.3 Å². The molecular formula is C120H100N15+5. The van der Waals surface area contributed by atoms with Gasteiger partial charge in [-0.1, -0.05) is 152 Å². The molecule has 5 aliphatic heterocycles. The van der Waals surface area contributed by atoms with Crippen LogP contribution in [-0.4, -0.2) is 47.8 Å². The Morgan fingerprint density at radius 1 is 0.244 bits per heavy atom. The van der Waals surface area contributed by atoms with Crippen molar-refractivity contribution in [3.8, 4) is 141 Å². The maximum atomic E-state index is 5.04. The summed E-state index contributed by atoms with van der Waals surface area (Å²) in [7, 11) is 0. The third-order valence-corrected chi connectivity index (χ3v) is 30.4. The molecule has 0 amide bonds. The van der Waals surface area contributed by atoms with Crippen molar-refractivity contribution >= 4 is 0 Å². The Hall–Kier alpha value is -16.0. The van der Waals surface area contributed by atoms with Crippen molar-refractivity contribution in [2.45, 2.75) is 134 Å². The third kappa shape index (κ3) is 12.3. The second kappa shape index (κ2) is 30.8. The molecule has 15 nitrogen and oxygen atoms in total. The van der Waals surface area contributed by atoms with E-state index in [2.05, 4.69) is 386 Å². The van der Waals surface area contributed by atoms with Gasteiger partial charge in [-0.15, -0.1) is 0 Å². The minimum atomic E-state index is 0.905. The molecule has 10 aromatic carbocycles. The number of hydrogen-bond donors (Lipinski definition) is 0. The van der Waals surface area contributed by atoms with E-state index in [9.17, 15) is 0 Å². The Balaban J connectivity index is 0.0000000878. The molecule has 650 valence electrons. The molecule has 0 atom stereocenters. The molecule has 5 aliphatic carbocycles. The molecular weight excluding hydrogens is 1650 g/mol. The number of rotatable bonds is 5. The Labute approximate surface area is 785 Å². The highest BCUT2D eigenvalue weighted by Crippen LogP contribution is 2.50. The predicted octanol–water partition coefficient (Wildman–Crippen LogP) is 21.9. The first-order valence-corrected chi connectivity index (χ1v) is 47.4. The molecule has 20 aromatic rings. The standard InChI is InChI=1S/5C24H20N3/c1-15-22-19-9-5-3-7-17(19)13-21(22)25-16(2)23(15)27-12-11-26-14-18-8-4-6-10-20(18)24(26)27;1-15-12-19-13-17-7-5-9-25-22(17)21(19)16(2)23(15)27-11-10-26-14-18-6-3-4-8-20(18)24(26)27;1-15-12-16(2)23(20-13-21-19(22(15)20)8-5-9-25-21)27-11-10-26-14-17-6-3-4-7-18(17)24(26)27;1-15-11-19-12-17-7-8-25-13-21(17)22(19)16(2)23(15)27-10-9-26-14-18-5-3-4-6-20(18)24(26)27;1-15-11-18-12-19-13-25-8-7-20(19)22(18)16(2)23(15)27-10-9-26-14-17-5-3-4-6-21(17)24(26)27/h3*3-12H,13-14H2,1-2H3;2*3-11,13H,12,14H2,1-2H3/q5*+1. The molecule has 0 radical (unpaired) electrons. The fourth-order valence-corrected chi connectivity index (χ4v) is 25.0. The average Bonchev–Trinajstić information content (AvgIpc) is 1.59. The highest BCUT2D eigenvalue weighted by atomic mass is 15.2. The predicted molar refractivity (Wildman–Crippen MR) is 530 cm³/mol. The fourth-order valence-electron chi connectivity index (χ4n) is 25.0. The minimum Gasteiger partial charge on any atom is -0.264 e. The molecule has 30 rings (SSSR count). The zero-order chi connectivity index (χ0) is 90.6. The van der Waals surface area contributed by atoms with E-state index in [-0.39, 0.29) is 0 Å². The lowest BCUT2D eigenvalue weighted by molar-refractivity contribution is -0.671. The van der Waals surface area contributed by atoms with Gasteiger partial charge in [0.05, 0.1) is 50.6 Å². The second-order valence-corrected chi connectivity index (χ2v) is 38.3. The topological polar surface area (TPSA) is 108 Å². The van der Waals surface area contributed by atoms with E-state index < -0.39 is 0 Å². The van der Waals surface area contributed by atoms with Crippen LogP contribution in [0.25, 0.3) is 141 Å². The van der Waals surface area contributed by atoms with E-state index in [1.165, 1.54) is 269 Å². The van der Waals surface area contributed by atoms with Crippen LogP contribution in [0, 0.1) is 69.2 Å². The number of nitrogens with zero attached hydrogens (tertiary/aromatic N) is 15. The first-order valence-electron chi connectivity index (χ1n) is 47.4. The first kappa shape index (κ1) is 79.9. The van der Waals surface area contributed by atoms with Gasteiger partial charge in [0, 0.05) is 141 Å². The van der Waals surface area contributed by atoms with Crippen LogP contribution in [0.15, 0.2) is 305 Å². The summed E-state index contributed by atoms with van der Waals surface area (Å²) in [5.74, 6) is 6.37. The highest BCUT2D eigenvalue weighted by Gasteiger charge is 2.42.